The Bertz CT molecular complexity index is 1130. The minimum absolute atomic E-state index is 0.112. The maximum absolute atomic E-state index is 13.7. The van der Waals surface area contributed by atoms with Crippen molar-refractivity contribution in [1.29, 1.82) is 0 Å². The van der Waals surface area contributed by atoms with Crippen molar-refractivity contribution >= 4 is 35.4 Å². The van der Waals surface area contributed by atoms with Gasteiger partial charge in [0.15, 0.2) is 0 Å². The van der Waals surface area contributed by atoms with Crippen LogP contribution >= 0.6 is 11.6 Å². The molecule has 0 bridgehead atoms. The van der Waals surface area contributed by atoms with Gasteiger partial charge in [0.05, 0.1) is 0 Å². The highest BCUT2D eigenvalue weighted by Gasteiger charge is 2.60. The van der Waals surface area contributed by atoms with E-state index in [0.29, 0.717) is 43.8 Å². The third-order valence-corrected chi connectivity index (χ3v) is 7.94. The molecule has 4 atom stereocenters. The number of ether oxygens (including phenoxy) is 1. The lowest BCUT2D eigenvalue weighted by Crippen LogP contribution is -2.57. The molecule has 3 N–H and O–H groups in total. The van der Waals surface area contributed by atoms with Gasteiger partial charge in [-0.1, -0.05) is 48.7 Å². The van der Waals surface area contributed by atoms with E-state index >= 15 is 0 Å². The highest BCUT2D eigenvalue weighted by Crippen LogP contribution is 2.45. The summed E-state index contributed by atoms with van der Waals surface area (Å²) in [7, 11) is 0. The highest BCUT2D eigenvalue weighted by molar-refractivity contribution is 6.30. The van der Waals surface area contributed by atoms with E-state index in [1.54, 1.807) is 37.8 Å². The third kappa shape index (κ3) is 7.56. The van der Waals surface area contributed by atoms with Crippen molar-refractivity contribution < 1.29 is 23.9 Å². The summed E-state index contributed by atoms with van der Waals surface area (Å²) < 4.78 is 5.41. The summed E-state index contributed by atoms with van der Waals surface area (Å²) in [5.74, 6) is -0.978. The zero-order chi connectivity index (χ0) is 28.9. The summed E-state index contributed by atoms with van der Waals surface area (Å²) in [6.07, 6.45) is 9.00. The molecule has 0 unspecified atom stereocenters. The van der Waals surface area contributed by atoms with Gasteiger partial charge in [-0.25, -0.2) is 4.79 Å². The summed E-state index contributed by atoms with van der Waals surface area (Å²) in [5, 5.41) is 9.38. The van der Waals surface area contributed by atoms with E-state index in [-0.39, 0.29) is 23.6 Å². The second-order valence-electron chi connectivity index (χ2n) is 12.0. The van der Waals surface area contributed by atoms with Crippen molar-refractivity contribution in [3.8, 4) is 0 Å². The number of hydrogen-bond acceptors (Lipinski definition) is 5. The first-order valence-corrected chi connectivity index (χ1v) is 14.7. The fraction of sp³-hybridized carbons (Fsp3) is 0.600. The normalized spacial score (nSPS) is 28.2. The molecule has 4 amide bonds. The molecule has 40 heavy (non-hydrogen) atoms. The molecule has 4 rings (SSSR count). The smallest absolute Gasteiger partial charge is 0.408 e. The van der Waals surface area contributed by atoms with E-state index in [2.05, 4.69) is 22.0 Å². The SMILES string of the molecule is CC(C)(C)OC(=O)N[C@H]1CCCCC/C=C\[C@@H]2C[C@@]2(C(=O)NCc2ccc(Cl)cc2)NC(=O)[C@@H]2CCCN2C1=O. The van der Waals surface area contributed by atoms with Crippen LogP contribution in [0, 0.1) is 5.92 Å². The second kappa shape index (κ2) is 12.6. The van der Waals surface area contributed by atoms with Crippen molar-refractivity contribution in [3.63, 3.8) is 0 Å². The van der Waals surface area contributed by atoms with Crippen LogP contribution in [0.15, 0.2) is 36.4 Å². The summed E-state index contributed by atoms with van der Waals surface area (Å²) >= 11 is 5.98. The molecule has 1 aliphatic carbocycles. The monoisotopic (exact) mass is 572 g/mol. The van der Waals surface area contributed by atoms with Crippen LogP contribution in [-0.2, 0) is 25.7 Å². The Morgan fingerprint density at radius 1 is 1.10 bits per heavy atom. The van der Waals surface area contributed by atoms with Gasteiger partial charge in [-0.2, -0.15) is 0 Å². The van der Waals surface area contributed by atoms with Crippen LogP contribution in [-0.4, -0.2) is 58.5 Å². The Morgan fingerprint density at radius 3 is 2.58 bits per heavy atom. The van der Waals surface area contributed by atoms with Gasteiger partial charge in [0.2, 0.25) is 17.7 Å². The van der Waals surface area contributed by atoms with Crippen molar-refractivity contribution in [3.05, 3.63) is 47.0 Å². The van der Waals surface area contributed by atoms with Crippen LogP contribution in [0.25, 0.3) is 0 Å². The van der Waals surface area contributed by atoms with Crippen LogP contribution in [0.5, 0.6) is 0 Å². The number of carbonyl (C=O) groups excluding carboxylic acids is 4. The maximum Gasteiger partial charge on any atom is 0.408 e. The Labute approximate surface area is 241 Å². The largest absolute Gasteiger partial charge is 0.444 e. The summed E-state index contributed by atoms with van der Waals surface area (Å²) in [4.78, 5) is 54.9. The molecule has 1 saturated heterocycles. The lowest BCUT2D eigenvalue weighted by molar-refractivity contribution is -0.141. The Balaban J connectivity index is 1.50. The Hall–Kier alpha value is -3.07. The van der Waals surface area contributed by atoms with Gasteiger partial charge in [0.1, 0.15) is 23.2 Å². The summed E-state index contributed by atoms with van der Waals surface area (Å²) in [6, 6.07) is 5.76. The van der Waals surface area contributed by atoms with E-state index in [1.807, 2.05) is 18.2 Å². The zero-order valence-corrected chi connectivity index (χ0v) is 24.4. The van der Waals surface area contributed by atoms with Gasteiger partial charge in [0.25, 0.3) is 0 Å². The first-order valence-electron chi connectivity index (χ1n) is 14.3. The topological polar surface area (TPSA) is 117 Å². The van der Waals surface area contributed by atoms with Gasteiger partial charge < -0.3 is 25.6 Å². The fourth-order valence-electron chi connectivity index (χ4n) is 5.49. The highest BCUT2D eigenvalue weighted by atomic mass is 35.5. The average Bonchev–Trinajstić information content (AvgIpc) is 3.35. The van der Waals surface area contributed by atoms with E-state index in [9.17, 15) is 19.2 Å². The molecule has 10 heteroatoms. The average molecular weight is 573 g/mol. The fourth-order valence-corrected chi connectivity index (χ4v) is 5.61. The van der Waals surface area contributed by atoms with Gasteiger partial charge >= 0.3 is 6.09 Å². The van der Waals surface area contributed by atoms with Crippen molar-refractivity contribution in [1.82, 2.24) is 20.9 Å². The third-order valence-electron chi connectivity index (χ3n) is 7.69. The van der Waals surface area contributed by atoms with E-state index in [4.69, 9.17) is 16.3 Å². The molecule has 1 aromatic rings. The Kier molecular flexibility index (Phi) is 9.44. The van der Waals surface area contributed by atoms with Crippen LogP contribution < -0.4 is 16.0 Å². The molecule has 0 radical (unpaired) electrons. The van der Waals surface area contributed by atoms with E-state index in [1.165, 1.54) is 0 Å². The number of benzene rings is 1. The van der Waals surface area contributed by atoms with Crippen molar-refractivity contribution in [2.45, 2.75) is 102 Å². The number of nitrogens with zero attached hydrogens (tertiary/aromatic N) is 1. The number of hydrogen-bond donors (Lipinski definition) is 3. The molecular weight excluding hydrogens is 532 g/mol. The predicted molar refractivity (Wildman–Crippen MR) is 152 cm³/mol. The number of halogens is 1. The first kappa shape index (κ1) is 29.9. The zero-order valence-electron chi connectivity index (χ0n) is 23.6. The molecule has 1 saturated carbocycles. The van der Waals surface area contributed by atoms with E-state index < -0.39 is 29.3 Å². The van der Waals surface area contributed by atoms with Crippen molar-refractivity contribution in [2.24, 2.45) is 5.92 Å². The summed E-state index contributed by atoms with van der Waals surface area (Å²) in [5.41, 5.74) is -0.842. The quantitative estimate of drug-likeness (QED) is 0.467. The number of amides is 4. The number of nitrogens with one attached hydrogen (secondary N) is 3. The van der Waals surface area contributed by atoms with Gasteiger partial charge in [-0.15, -0.1) is 0 Å². The maximum atomic E-state index is 13.7. The number of carbonyl (C=O) groups is 4. The van der Waals surface area contributed by atoms with Crippen LogP contribution in [0.2, 0.25) is 5.02 Å². The second-order valence-corrected chi connectivity index (χ2v) is 12.5. The molecular formula is C30H41ClN4O5. The van der Waals surface area contributed by atoms with E-state index in [0.717, 1.165) is 31.2 Å². The molecule has 2 heterocycles. The Morgan fingerprint density at radius 2 is 1.85 bits per heavy atom. The van der Waals surface area contributed by atoms with Gasteiger partial charge in [-0.05, 0) is 77.0 Å². The molecule has 3 aliphatic rings. The summed E-state index contributed by atoms with van der Waals surface area (Å²) in [6.45, 7) is 6.04. The minimum Gasteiger partial charge on any atom is -0.444 e. The number of fused-ring (bicyclic) bond motifs is 2. The van der Waals surface area contributed by atoms with Crippen molar-refractivity contribution in [2.75, 3.05) is 6.54 Å². The molecule has 9 nitrogen and oxygen atoms in total. The minimum atomic E-state index is -1.05. The lowest BCUT2D eigenvalue weighted by Gasteiger charge is -2.30. The number of rotatable bonds is 4. The van der Waals surface area contributed by atoms with Gasteiger partial charge in [-0.3, -0.25) is 14.4 Å². The first-order chi connectivity index (χ1) is 19.0. The standard InChI is InChI=1S/C30H41ClN4O5/c1-29(2,3)40-28(39)33-23-11-8-6-4-5-7-10-21-18-30(21,27(38)32-19-20-13-15-22(31)16-14-20)34-25(36)24-12-9-17-35(24)26(23)37/h7,10,13-16,21,23-24H,4-6,8-9,11-12,17-19H2,1-3H3,(H,32,38)(H,33,39)(H,34,36)/b10-7-/t21-,23+,24+,30-/m1/s1. The number of allylic oxidation sites excluding steroid dienone is 1. The molecule has 218 valence electrons. The molecule has 0 aromatic heterocycles. The number of alkyl carbamates (subject to hydrolysis) is 1. The molecule has 1 aromatic carbocycles. The van der Waals surface area contributed by atoms with Crippen LogP contribution in [0.3, 0.4) is 0 Å². The molecule has 2 aliphatic heterocycles. The van der Waals surface area contributed by atoms with Crippen LogP contribution in [0.1, 0.15) is 77.7 Å². The lowest BCUT2D eigenvalue weighted by atomic mass is 10.0. The van der Waals surface area contributed by atoms with Gasteiger partial charge in [0, 0.05) is 24.0 Å². The van der Waals surface area contributed by atoms with Crippen LogP contribution in [0.4, 0.5) is 4.79 Å². The molecule has 2 fully saturated rings. The predicted octanol–water partition coefficient (Wildman–Crippen LogP) is 4.24. The molecule has 0 spiro atoms.